The van der Waals surface area contributed by atoms with E-state index < -0.39 is 11.0 Å². The Morgan fingerprint density at radius 2 is 2.00 bits per heavy atom. The van der Waals surface area contributed by atoms with Crippen molar-refractivity contribution < 1.29 is 14.8 Å². The van der Waals surface area contributed by atoms with Crippen molar-refractivity contribution in [3.8, 4) is 0 Å². The van der Waals surface area contributed by atoms with E-state index >= 15 is 0 Å². The van der Waals surface area contributed by atoms with Gasteiger partial charge in [0.2, 0.25) is 0 Å². The van der Waals surface area contributed by atoms with Crippen molar-refractivity contribution >= 4 is 17.5 Å². The average Bonchev–Trinajstić information content (AvgIpc) is 2.19. The molecule has 80 valence electrons. The lowest BCUT2D eigenvalue weighted by Gasteiger charge is -2.16. The van der Waals surface area contributed by atoms with Gasteiger partial charge in [-0.25, -0.2) is 4.79 Å². The molecule has 0 saturated heterocycles. The summed E-state index contributed by atoms with van der Waals surface area (Å²) in [4.78, 5) is 21.7. The molecule has 0 fully saturated rings. The first-order valence-corrected chi connectivity index (χ1v) is 4.31. The summed E-state index contributed by atoms with van der Waals surface area (Å²) >= 11 is 0. The first kappa shape index (κ1) is 11.0. The third kappa shape index (κ3) is 2.43. The number of benzene rings is 1. The SMILES string of the molecule is CCN(C(=O)O)c1ccc([N+](=O)[O-])cc1. The molecule has 0 aliphatic carbocycles. The van der Waals surface area contributed by atoms with Crippen LogP contribution in [0.4, 0.5) is 16.2 Å². The summed E-state index contributed by atoms with van der Waals surface area (Å²) in [5.41, 5.74) is 0.371. The van der Waals surface area contributed by atoms with Gasteiger partial charge in [0.15, 0.2) is 0 Å². The number of nitro benzene ring substituents is 1. The van der Waals surface area contributed by atoms with Crippen molar-refractivity contribution in [3.63, 3.8) is 0 Å². The summed E-state index contributed by atoms with van der Waals surface area (Å²) in [7, 11) is 0. The number of hydrogen-bond donors (Lipinski definition) is 1. The van der Waals surface area contributed by atoms with E-state index in [-0.39, 0.29) is 5.69 Å². The van der Waals surface area contributed by atoms with Gasteiger partial charge in [-0.15, -0.1) is 0 Å². The van der Waals surface area contributed by atoms with Crippen LogP contribution < -0.4 is 4.90 Å². The maximum absolute atomic E-state index is 10.7. The first-order valence-electron chi connectivity index (χ1n) is 4.31. The molecule has 1 aromatic rings. The highest BCUT2D eigenvalue weighted by molar-refractivity contribution is 5.86. The van der Waals surface area contributed by atoms with Gasteiger partial charge in [-0.1, -0.05) is 0 Å². The normalized spacial score (nSPS) is 9.67. The summed E-state index contributed by atoms with van der Waals surface area (Å²) < 4.78 is 0. The molecule has 1 amide bonds. The van der Waals surface area contributed by atoms with Crippen LogP contribution in [0.5, 0.6) is 0 Å². The average molecular weight is 210 g/mol. The minimum atomic E-state index is -1.08. The predicted molar refractivity (Wildman–Crippen MR) is 54.1 cm³/mol. The molecule has 0 aliphatic rings. The largest absolute Gasteiger partial charge is 0.465 e. The number of amides is 1. The van der Waals surface area contributed by atoms with Crippen molar-refractivity contribution in [2.75, 3.05) is 11.4 Å². The minimum Gasteiger partial charge on any atom is -0.465 e. The second kappa shape index (κ2) is 4.41. The van der Waals surface area contributed by atoms with Gasteiger partial charge in [0.1, 0.15) is 0 Å². The molecular formula is C9H10N2O4. The highest BCUT2D eigenvalue weighted by atomic mass is 16.6. The molecule has 0 radical (unpaired) electrons. The van der Waals surface area contributed by atoms with Gasteiger partial charge in [-0.2, -0.15) is 0 Å². The van der Waals surface area contributed by atoms with Gasteiger partial charge in [-0.05, 0) is 19.1 Å². The Hall–Kier alpha value is -2.11. The quantitative estimate of drug-likeness (QED) is 0.611. The smallest absolute Gasteiger partial charge is 0.411 e. The number of hydrogen-bond acceptors (Lipinski definition) is 3. The van der Waals surface area contributed by atoms with Crippen LogP contribution in [0.2, 0.25) is 0 Å². The molecule has 6 nitrogen and oxygen atoms in total. The number of rotatable bonds is 3. The molecule has 6 heteroatoms. The molecule has 1 rings (SSSR count). The summed E-state index contributed by atoms with van der Waals surface area (Å²) in [5.74, 6) is 0. The third-order valence-electron chi connectivity index (χ3n) is 1.92. The maximum Gasteiger partial charge on any atom is 0.411 e. The summed E-state index contributed by atoms with van der Waals surface area (Å²) in [5, 5.41) is 19.2. The van der Waals surface area contributed by atoms with E-state index in [1.807, 2.05) is 0 Å². The second-order valence-electron chi connectivity index (χ2n) is 2.80. The van der Waals surface area contributed by atoms with Gasteiger partial charge in [-0.3, -0.25) is 15.0 Å². The molecule has 0 heterocycles. The van der Waals surface area contributed by atoms with Crippen LogP contribution in [0, 0.1) is 10.1 Å². The fraction of sp³-hybridized carbons (Fsp3) is 0.222. The minimum absolute atomic E-state index is 0.0554. The second-order valence-corrected chi connectivity index (χ2v) is 2.80. The van der Waals surface area contributed by atoms with Crippen LogP contribution in [0.3, 0.4) is 0 Å². The molecule has 0 unspecified atom stereocenters. The van der Waals surface area contributed by atoms with E-state index in [0.29, 0.717) is 12.2 Å². The number of non-ortho nitro benzene ring substituents is 1. The number of nitrogens with zero attached hydrogens (tertiary/aromatic N) is 2. The Morgan fingerprint density at radius 1 is 1.47 bits per heavy atom. The van der Waals surface area contributed by atoms with Gasteiger partial charge in [0.25, 0.3) is 5.69 Å². The molecule has 0 aliphatic heterocycles. The zero-order chi connectivity index (χ0) is 11.4. The molecule has 1 aromatic carbocycles. The zero-order valence-electron chi connectivity index (χ0n) is 8.08. The number of carboxylic acid groups (broad SMARTS) is 1. The van der Waals surface area contributed by atoms with E-state index in [4.69, 9.17) is 5.11 Å². The Kier molecular flexibility index (Phi) is 3.22. The van der Waals surface area contributed by atoms with Crippen LogP contribution in [-0.2, 0) is 0 Å². The first-order chi connectivity index (χ1) is 7.06. The highest BCUT2D eigenvalue weighted by Gasteiger charge is 2.13. The van der Waals surface area contributed by atoms with Crippen molar-refractivity contribution in [2.45, 2.75) is 6.92 Å². The zero-order valence-corrected chi connectivity index (χ0v) is 8.08. The fourth-order valence-corrected chi connectivity index (χ4v) is 1.18. The summed E-state index contributed by atoms with van der Waals surface area (Å²) in [6.07, 6.45) is -1.08. The number of carbonyl (C=O) groups is 1. The summed E-state index contributed by atoms with van der Waals surface area (Å²) in [6.45, 7) is 1.99. The van der Waals surface area contributed by atoms with Crippen LogP contribution in [-0.4, -0.2) is 22.7 Å². The fourth-order valence-electron chi connectivity index (χ4n) is 1.18. The number of nitro groups is 1. The van der Waals surface area contributed by atoms with E-state index in [2.05, 4.69) is 0 Å². The Bertz CT molecular complexity index is 374. The standard InChI is InChI=1S/C9H10N2O4/c1-2-10(9(12)13)7-3-5-8(6-4-7)11(14)15/h3-6H,2H2,1H3,(H,12,13). The molecular weight excluding hydrogens is 200 g/mol. The number of anilines is 1. The van der Waals surface area contributed by atoms with E-state index in [9.17, 15) is 14.9 Å². The summed E-state index contributed by atoms with van der Waals surface area (Å²) in [6, 6.07) is 5.38. The monoisotopic (exact) mass is 210 g/mol. The molecule has 0 saturated carbocycles. The topological polar surface area (TPSA) is 83.7 Å². The van der Waals surface area contributed by atoms with Gasteiger partial charge >= 0.3 is 6.09 Å². The van der Waals surface area contributed by atoms with Gasteiger partial charge in [0, 0.05) is 24.4 Å². The highest BCUT2D eigenvalue weighted by Crippen LogP contribution is 2.19. The molecule has 0 aromatic heterocycles. The Morgan fingerprint density at radius 3 is 2.33 bits per heavy atom. The molecule has 0 atom stereocenters. The molecule has 0 bridgehead atoms. The van der Waals surface area contributed by atoms with E-state index in [1.54, 1.807) is 6.92 Å². The van der Waals surface area contributed by atoms with E-state index in [0.717, 1.165) is 4.90 Å². The van der Waals surface area contributed by atoms with Crippen molar-refractivity contribution in [1.29, 1.82) is 0 Å². The van der Waals surface area contributed by atoms with Gasteiger partial charge < -0.3 is 5.11 Å². The van der Waals surface area contributed by atoms with Gasteiger partial charge in [0.05, 0.1) is 4.92 Å². The Labute approximate surface area is 85.9 Å². The lowest BCUT2D eigenvalue weighted by molar-refractivity contribution is -0.384. The molecule has 0 spiro atoms. The maximum atomic E-state index is 10.7. The Balaban J connectivity index is 2.97. The van der Waals surface area contributed by atoms with Crippen molar-refractivity contribution in [3.05, 3.63) is 34.4 Å². The lowest BCUT2D eigenvalue weighted by Crippen LogP contribution is -2.28. The van der Waals surface area contributed by atoms with Crippen molar-refractivity contribution in [1.82, 2.24) is 0 Å². The van der Waals surface area contributed by atoms with Crippen LogP contribution in [0.25, 0.3) is 0 Å². The molecule has 1 N–H and O–H groups in total. The van der Waals surface area contributed by atoms with E-state index in [1.165, 1.54) is 24.3 Å². The predicted octanol–water partition coefficient (Wildman–Crippen LogP) is 2.10. The molecule has 15 heavy (non-hydrogen) atoms. The van der Waals surface area contributed by atoms with Crippen LogP contribution in [0.1, 0.15) is 6.92 Å². The van der Waals surface area contributed by atoms with Crippen LogP contribution >= 0.6 is 0 Å². The lowest BCUT2D eigenvalue weighted by atomic mass is 10.2. The van der Waals surface area contributed by atoms with Crippen molar-refractivity contribution in [2.24, 2.45) is 0 Å². The third-order valence-corrected chi connectivity index (χ3v) is 1.92. The van der Waals surface area contributed by atoms with Crippen LogP contribution in [0.15, 0.2) is 24.3 Å².